The van der Waals surface area contributed by atoms with Gasteiger partial charge in [-0.05, 0) is 37.6 Å². The molecule has 0 aromatic heterocycles. The summed E-state index contributed by atoms with van der Waals surface area (Å²) in [6.45, 7) is 4.98. The molecule has 1 aliphatic rings. The molecule has 106 valence electrons. The van der Waals surface area contributed by atoms with E-state index in [0.717, 1.165) is 30.0 Å². The number of para-hydroxylation sites is 1. The summed E-state index contributed by atoms with van der Waals surface area (Å²) >= 11 is 0. The number of terminal acetylenes is 1. The zero-order chi connectivity index (χ0) is 14.9. The van der Waals surface area contributed by atoms with Gasteiger partial charge in [0.25, 0.3) is 0 Å². The fourth-order valence-corrected chi connectivity index (χ4v) is 2.73. The Bertz CT molecular complexity index is 710. The van der Waals surface area contributed by atoms with Crippen molar-refractivity contribution in [2.24, 2.45) is 0 Å². The third kappa shape index (κ3) is 2.87. The van der Waals surface area contributed by atoms with E-state index < -0.39 is 0 Å². The average Bonchev–Trinajstić information content (AvgIpc) is 2.79. The molecule has 2 aromatic carbocycles. The van der Waals surface area contributed by atoms with Gasteiger partial charge in [-0.2, -0.15) is 0 Å². The first-order valence-electron chi connectivity index (χ1n) is 7.18. The number of rotatable bonds is 3. The largest absolute Gasteiger partial charge is 0.487 e. The van der Waals surface area contributed by atoms with Crippen LogP contribution in [-0.2, 0) is 13.0 Å². The number of fused-ring (bicyclic) bond motifs is 1. The smallest absolute Gasteiger partial charge is 0.128 e. The molecule has 0 fully saturated rings. The zero-order valence-corrected chi connectivity index (χ0v) is 12.4. The lowest BCUT2D eigenvalue weighted by Crippen LogP contribution is -2.25. The van der Waals surface area contributed by atoms with Crippen LogP contribution in [0, 0.1) is 12.3 Å². The number of hydrogen-bond acceptors (Lipinski definition) is 2. The quantitative estimate of drug-likeness (QED) is 0.856. The lowest BCUT2D eigenvalue weighted by Gasteiger charge is -2.18. The zero-order valence-electron chi connectivity index (χ0n) is 12.4. The predicted molar refractivity (Wildman–Crippen MR) is 86.6 cm³/mol. The van der Waals surface area contributed by atoms with Crippen LogP contribution >= 0.6 is 0 Å². The third-order valence-electron chi connectivity index (χ3n) is 3.68. The minimum absolute atomic E-state index is 0.109. The van der Waals surface area contributed by atoms with Crippen LogP contribution in [0.15, 0.2) is 42.5 Å². The van der Waals surface area contributed by atoms with E-state index in [1.54, 1.807) is 0 Å². The monoisotopic (exact) mass is 277 g/mol. The van der Waals surface area contributed by atoms with Gasteiger partial charge in [0.2, 0.25) is 0 Å². The molecule has 3 rings (SSSR count). The number of nitrogens with one attached hydrogen (secondary N) is 1. The van der Waals surface area contributed by atoms with Gasteiger partial charge in [-0.1, -0.05) is 30.2 Å². The van der Waals surface area contributed by atoms with Crippen molar-refractivity contribution in [2.45, 2.75) is 32.4 Å². The molecule has 21 heavy (non-hydrogen) atoms. The summed E-state index contributed by atoms with van der Waals surface area (Å²) in [4.78, 5) is 0. The molecule has 0 saturated carbocycles. The van der Waals surface area contributed by atoms with Gasteiger partial charge in [-0.15, -0.1) is 6.42 Å². The first kappa shape index (κ1) is 13.6. The van der Waals surface area contributed by atoms with E-state index in [0.29, 0.717) is 0 Å². The molecule has 0 aliphatic carbocycles. The normalized spacial score (nSPS) is 14.9. The number of ether oxygens (including phenoxy) is 1. The van der Waals surface area contributed by atoms with Gasteiger partial charge in [-0.3, -0.25) is 0 Å². The Morgan fingerprint density at radius 3 is 2.86 bits per heavy atom. The maximum absolute atomic E-state index is 6.09. The maximum atomic E-state index is 6.09. The second-order valence-corrected chi connectivity index (χ2v) is 6.02. The fourth-order valence-electron chi connectivity index (χ4n) is 2.73. The second-order valence-electron chi connectivity index (χ2n) is 6.02. The molecule has 1 aliphatic heterocycles. The minimum Gasteiger partial charge on any atom is -0.487 e. The molecule has 0 bridgehead atoms. The summed E-state index contributed by atoms with van der Waals surface area (Å²) in [7, 11) is 0. The van der Waals surface area contributed by atoms with E-state index in [1.807, 2.05) is 24.3 Å². The summed E-state index contributed by atoms with van der Waals surface area (Å²) in [5.41, 5.74) is 4.28. The fraction of sp³-hybridized carbons (Fsp3) is 0.263. The highest BCUT2D eigenvalue weighted by Crippen LogP contribution is 2.37. The van der Waals surface area contributed by atoms with E-state index in [2.05, 4.69) is 43.3 Å². The SMILES string of the molecule is C#Cc1cccc(NCc2cccc3c2OC(C)(C)C3)c1. The standard InChI is InChI=1S/C19H19NO/c1-4-14-7-5-10-17(11-14)20-13-16-9-6-8-15-12-19(2,3)21-18(15)16/h1,5-11,20H,12-13H2,2-3H3. The van der Waals surface area contributed by atoms with Crippen molar-refractivity contribution in [1.29, 1.82) is 0 Å². The molecule has 2 heteroatoms. The molecule has 1 heterocycles. The summed E-state index contributed by atoms with van der Waals surface area (Å²) in [5, 5.41) is 3.42. The summed E-state index contributed by atoms with van der Waals surface area (Å²) < 4.78 is 6.09. The summed E-state index contributed by atoms with van der Waals surface area (Å²) in [6.07, 6.45) is 6.39. The van der Waals surface area contributed by atoms with Crippen LogP contribution < -0.4 is 10.1 Å². The number of benzene rings is 2. The molecular weight excluding hydrogens is 258 g/mol. The summed E-state index contributed by atoms with van der Waals surface area (Å²) in [5.74, 6) is 3.68. The van der Waals surface area contributed by atoms with Crippen molar-refractivity contribution in [2.75, 3.05) is 5.32 Å². The number of hydrogen-bond donors (Lipinski definition) is 1. The molecule has 1 N–H and O–H groups in total. The lowest BCUT2D eigenvalue weighted by molar-refractivity contribution is 0.137. The Kier molecular flexibility index (Phi) is 3.35. The van der Waals surface area contributed by atoms with E-state index in [1.165, 1.54) is 11.1 Å². The minimum atomic E-state index is -0.109. The van der Waals surface area contributed by atoms with E-state index >= 15 is 0 Å². The van der Waals surface area contributed by atoms with Crippen LogP contribution in [0.2, 0.25) is 0 Å². The first-order valence-corrected chi connectivity index (χ1v) is 7.18. The van der Waals surface area contributed by atoms with Gasteiger partial charge in [0.1, 0.15) is 11.4 Å². The van der Waals surface area contributed by atoms with Gasteiger partial charge < -0.3 is 10.1 Å². The van der Waals surface area contributed by atoms with Crippen molar-refractivity contribution in [3.63, 3.8) is 0 Å². The van der Waals surface area contributed by atoms with Gasteiger partial charge in [0, 0.05) is 29.8 Å². The van der Waals surface area contributed by atoms with Crippen molar-refractivity contribution in [3.05, 3.63) is 59.2 Å². The van der Waals surface area contributed by atoms with E-state index in [9.17, 15) is 0 Å². The highest BCUT2D eigenvalue weighted by atomic mass is 16.5. The Morgan fingerprint density at radius 2 is 2.05 bits per heavy atom. The van der Waals surface area contributed by atoms with Crippen LogP contribution in [0.25, 0.3) is 0 Å². The van der Waals surface area contributed by atoms with Crippen molar-refractivity contribution >= 4 is 5.69 Å². The Hall–Kier alpha value is -2.40. The van der Waals surface area contributed by atoms with Gasteiger partial charge in [-0.25, -0.2) is 0 Å². The van der Waals surface area contributed by atoms with Crippen LogP contribution in [0.4, 0.5) is 5.69 Å². The van der Waals surface area contributed by atoms with Crippen LogP contribution in [0.3, 0.4) is 0 Å². The molecule has 2 aromatic rings. The van der Waals surface area contributed by atoms with E-state index in [-0.39, 0.29) is 5.60 Å². The van der Waals surface area contributed by atoms with Crippen LogP contribution in [0.5, 0.6) is 5.75 Å². The van der Waals surface area contributed by atoms with Crippen molar-refractivity contribution < 1.29 is 4.74 Å². The number of anilines is 1. The Labute approximate surface area is 126 Å². The van der Waals surface area contributed by atoms with Crippen LogP contribution in [0.1, 0.15) is 30.5 Å². The third-order valence-corrected chi connectivity index (χ3v) is 3.68. The summed E-state index contributed by atoms with van der Waals surface area (Å²) in [6, 6.07) is 14.2. The Morgan fingerprint density at radius 1 is 1.24 bits per heavy atom. The maximum Gasteiger partial charge on any atom is 0.128 e. The van der Waals surface area contributed by atoms with Gasteiger partial charge >= 0.3 is 0 Å². The first-order chi connectivity index (χ1) is 10.1. The molecule has 0 spiro atoms. The van der Waals surface area contributed by atoms with E-state index in [4.69, 9.17) is 11.2 Å². The highest BCUT2D eigenvalue weighted by Gasteiger charge is 2.31. The molecule has 0 saturated heterocycles. The lowest BCUT2D eigenvalue weighted by atomic mass is 10.0. The molecular formula is C19H19NO. The molecule has 0 atom stereocenters. The molecule has 0 amide bonds. The molecule has 2 nitrogen and oxygen atoms in total. The molecule has 0 radical (unpaired) electrons. The van der Waals surface area contributed by atoms with Crippen LogP contribution in [-0.4, -0.2) is 5.60 Å². The van der Waals surface area contributed by atoms with Crippen molar-refractivity contribution in [1.82, 2.24) is 0 Å². The van der Waals surface area contributed by atoms with Gasteiger partial charge in [0.15, 0.2) is 0 Å². The topological polar surface area (TPSA) is 21.3 Å². The Balaban J connectivity index is 1.78. The predicted octanol–water partition coefficient (Wildman–Crippen LogP) is 3.99. The molecule has 0 unspecified atom stereocenters. The highest BCUT2D eigenvalue weighted by molar-refractivity contribution is 5.52. The van der Waals surface area contributed by atoms with Gasteiger partial charge in [0.05, 0.1) is 0 Å². The van der Waals surface area contributed by atoms with Crippen molar-refractivity contribution in [3.8, 4) is 18.1 Å². The second kappa shape index (κ2) is 5.18. The average molecular weight is 277 g/mol.